The van der Waals surface area contributed by atoms with Crippen LogP contribution in [0.1, 0.15) is 19.8 Å². The van der Waals surface area contributed by atoms with E-state index >= 15 is 0 Å². The monoisotopic (exact) mass is 249 g/mol. The fraction of sp³-hybridized carbons (Fsp3) is 0.538. The van der Waals surface area contributed by atoms with Gasteiger partial charge in [0.1, 0.15) is 5.82 Å². The Labute approximate surface area is 107 Å². The molecular formula is C13H19N3O2. The third-order valence-electron chi connectivity index (χ3n) is 3.25. The molecule has 2 heterocycles. The zero-order valence-electron chi connectivity index (χ0n) is 10.6. The summed E-state index contributed by atoms with van der Waals surface area (Å²) in [7, 11) is 0. The summed E-state index contributed by atoms with van der Waals surface area (Å²) in [4.78, 5) is 17.9. The molecule has 1 aliphatic heterocycles. The van der Waals surface area contributed by atoms with E-state index < -0.39 is 0 Å². The molecule has 0 amide bonds. The Kier molecular flexibility index (Phi) is 4.02. The molecule has 0 atom stereocenters. The first kappa shape index (κ1) is 12.7. The van der Waals surface area contributed by atoms with E-state index in [0.29, 0.717) is 12.4 Å². The molecule has 18 heavy (non-hydrogen) atoms. The number of hydrogen-bond donors (Lipinski definition) is 1. The van der Waals surface area contributed by atoms with E-state index in [4.69, 9.17) is 10.5 Å². The molecule has 5 heteroatoms. The van der Waals surface area contributed by atoms with Crippen molar-refractivity contribution in [1.29, 1.82) is 0 Å². The lowest BCUT2D eigenvalue weighted by Crippen LogP contribution is -2.37. The number of anilines is 2. The maximum atomic E-state index is 11.6. The lowest BCUT2D eigenvalue weighted by atomic mass is 9.97. The first-order chi connectivity index (χ1) is 8.70. The van der Waals surface area contributed by atoms with Gasteiger partial charge in [0.25, 0.3) is 0 Å². The highest BCUT2D eigenvalue weighted by Crippen LogP contribution is 2.23. The number of pyridine rings is 1. The topological polar surface area (TPSA) is 68.5 Å². The Hall–Kier alpha value is -1.78. The second-order valence-corrected chi connectivity index (χ2v) is 4.45. The van der Waals surface area contributed by atoms with Crippen molar-refractivity contribution in [2.45, 2.75) is 19.8 Å². The van der Waals surface area contributed by atoms with Gasteiger partial charge in [-0.3, -0.25) is 4.79 Å². The number of carbonyl (C=O) groups is 1. The van der Waals surface area contributed by atoms with Gasteiger partial charge in [-0.05, 0) is 31.9 Å². The standard InChI is InChI=1S/C13H19N3O2/c1-2-18-13(17)10-5-7-16(8-6-10)11-3-4-12(14)15-9-11/h3-4,9-10H,2,5-8H2,1H3,(H2,14,15). The summed E-state index contributed by atoms with van der Waals surface area (Å²) in [5, 5.41) is 0. The third kappa shape index (κ3) is 2.91. The molecule has 2 rings (SSSR count). The largest absolute Gasteiger partial charge is 0.466 e. The van der Waals surface area contributed by atoms with Crippen LogP contribution < -0.4 is 10.6 Å². The minimum absolute atomic E-state index is 0.0444. The first-order valence-electron chi connectivity index (χ1n) is 6.34. The van der Waals surface area contributed by atoms with Gasteiger partial charge in [-0.15, -0.1) is 0 Å². The van der Waals surface area contributed by atoms with Gasteiger partial charge in [0.05, 0.1) is 24.4 Å². The molecule has 1 aliphatic rings. The van der Waals surface area contributed by atoms with Crippen LogP contribution in [0, 0.1) is 5.92 Å². The fourth-order valence-corrected chi connectivity index (χ4v) is 2.22. The maximum absolute atomic E-state index is 11.6. The smallest absolute Gasteiger partial charge is 0.309 e. The number of carbonyl (C=O) groups excluding carboxylic acids is 1. The second-order valence-electron chi connectivity index (χ2n) is 4.45. The van der Waals surface area contributed by atoms with E-state index in [1.54, 1.807) is 12.3 Å². The van der Waals surface area contributed by atoms with Crippen molar-refractivity contribution in [2.24, 2.45) is 5.92 Å². The van der Waals surface area contributed by atoms with Gasteiger partial charge in [0.2, 0.25) is 0 Å². The van der Waals surface area contributed by atoms with Crippen molar-refractivity contribution in [3.8, 4) is 0 Å². The molecule has 98 valence electrons. The molecule has 5 nitrogen and oxygen atoms in total. The van der Waals surface area contributed by atoms with Crippen LogP contribution in [0.15, 0.2) is 18.3 Å². The fourth-order valence-electron chi connectivity index (χ4n) is 2.22. The molecule has 0 unspecified atom stereocenters. The van der Waals surface area contributed by atoms with Crippen molar-refractivity contribution in [3.05, 3.63) is 18.3 Å². The third-order valence-corrected chi connectivity index (χ3v) is 3.25. The molecule has 1 aromatic heterocycles. The van der Waals surface area contributed by atoms with Gasteiger partial charge in [0.15, 0.2) is 0 Å². The number of aromatic nitrogens is 1. The Morgan fingerprint density at radius 3 is 2.78 bits per heavy atom. The zero-order valence-corrected chi connectivity index (χ0v) is 10.6. The quantitative estimate of drug-likeness (QED) is 0.821. The van der Waals surface area contributed by atoms with Crippen LogP contribution in [-0.4, -0.2) is 30.6 Å². The highest BCUT2D eigenvalue weighted by Gasteiger charge is 2.26. The molecule has 1 aromatic rings. The van der Waals surface area contributed by atoms with Crippen LogP contribution in [0.2, 0.25) is 0 Å². The molecule has 0 spiro atoms. The molecular weight excluding hydrogens is 230 g/mol. The Balaban J connectivity index is 1.90. The normalized spacial score (nSPS) is 16.6. The van der Waals surface area contributed by atoms with E-state index in [1.165, 1.54) is 0 Å². The minimum atomic E-state index is -0.0624. The molecule has 0 bridgehead atoms. The van der Waals surface area contributed by atoms with Gasteiger partial charge in [-0.2, -0.15) is 0 Å². The summed E-state index contributed by atoms with van der Waals surface area (Å²) in [6.45, 7) is 4.01. The number of esters is 1. The van der Waals surface area contributed by atoms with E-state index in [0.717, 1.165) is 31.6 Å². The predicted octanol–water partition coefficient (Wildman–Crippen LogP) is 1.44. The molecule has 1 saturated heterocycles. The van der Waals surface area contributed by atoms with Gasteiger partial charge >= 0.3 is 5.97 Å². The van der Waals surface area contributed by atoms with Gasteiger partial charge in [-0.1, -0.05) is 0 Å². The van der Waals surface area contributed by atoms with E-state index in [2.05, 4.69) is 9.88 Å². The number of piperidine rings is 1. The molecule has 2 N–H and O–H groups in total. The lowest BCUT2D eigenvalue weighted by molar-refractivity contribution is -0.148. The SMILES string of the molecule is CCOC(=O)C1CCN(c2ccc(N)nc2)CC1. The van der Waals surface area contributed by atoms with Crippen molar-refractivity contribution < 1.29 is 9.53 Å². The van der Waals surface area contributed by atoms with Crippen molar-refractivity contribution >= 4 is 17.5 Å². The minimum Gasteiger partial charge on any atom is -0.466 e. The highest BCUT2D eigenvalue weighted by atomic mass is 16.5. The molecule has 0 saturated carbocycles. The van der Waals surface area contributed by atoms with Gasteiger partial charge in [-0.25, -0.2) is 4.98 Å². The lowest BCUT2D eigenvalue weighted by Gasteiger charge is -2.32. The van der Waals surface area contributed by atoms with Crippen molar-refractivity contribution in [2.75, 3.05) is 30.3 Å². The summed E-state index contributed by atoms with van der Waals surface area (Å²) < 4.78 is 5.05. The number of hydrogen-bond acceptors (Lipinski definition) is 5. The average Bonchev–Trinajstić information content (AvgIpc) is 2.40. The van der Waals surface area contributed by atoms with Crippen molar-refractivity contribution in [3.63, 3.8) is 0 Å². The van der Waals surface area contributed by atoms with Crippen molar-refractivity contribution in [1.82, 2.24) is 4.98 Å². The predicted molar refractivity (Wildman–Crippen MR) is 70.2 cm³/mol. The average molecular weight is 249 g/mol. The second kappa shape index (κ2) is 5.71. The Bertz CT molecular complexity index is 397. The summed E-state index contributed by atoms with van der Waals surface area (Å²) in [6.07, 6.45) is 3.45. The van der Waals surface area contributed by atoms with E-state index in [9.17, 15) is 4.79 Å². The van der Waals surface area contributed by atoms with Gasteiger partial charge in [0, 0.05) is 13.1 Å². The molecule has 0 aliphatic carbocycles. The van der Waals surface area contributed by atoms with Gasteiger partial charge < -0.3 is 15.4 Å². The first-order valence-corrected chi connectivity index (χ1v) is 6.34. The van der Waals surface area contributed by atoms with Crippen LogP contribution in [-0.2, 0) is 9.53 Å². The number of rotatable bonds is 3. The van der Waals surface area contributed by atoms with E-state index in [-0.39, 0.29) is 11.9 Å². The molecule has 1 fully saturated rings. The van der Waals surface area contributed by atoms with E-state index in [1.807, 2.05) is 13.0 Å². The maximum Gasteiger partial charge on any atom is 0.309 e. The number of nitrogens with two attached hydrogens (primary N) is 1. The number of ether oxygens (including phenoxy) is 1. The summed E-state index contributed by atoms with van der Waals surface area (Å²) in [5.74, 6) is 0.510. The van der Waals surface area contributed by atoms with Crippen LogP contribution in [0.4, 0.5) is 11.5 Å². The zero-order chi connectivity index (χ0) is 13.0. The molecule has 0 radical (unpaired) electrons. The number of nitrogen functional groups attached to an aromatic ring is 1. The van der Waals surface area contributed by atoms with Crippen LogP contribution >= 0.6 is 0 Å². The Morgan fingerprint density at radius 2 is 2.22 bits per heavy atom. The highest BCUT2D eigenvalue weighted by molar-refractivity contribution is 5.72. The van der Waals surface area contributed by atoms with Crippen LogP contribution in [0.25, 0.3) is 0 Å². The Morgan fingerprint density at radius 1 is 1.50 bits per heavy atom. The van der Waals surface area contributed by atoms with Crippen LogP contribution in [0.5, 0.6) is 0 Å². The van der Waals surface area contributed by atoms with Crippen LogP contribution in [0.3, 0.4) is 0 Å². The summed E-state index contributed by atoms with van der Waals surface area (Å²) in [6, 6.07) is 3.76. The summed E-state index contributed by atoms with van der Waals surface area (Å²) >= 11 is 0. The number of nitrogens with zero attached hydrogens (tertiary/aromatic N) is 2. The summed E-state index contributed by atoms with van der Waals surface area (Å²) in [5.41, 5.74) is 6.62. The molecule has 0 aromatic carbocycles.